The van der Waals surface area contributed by atoms with Crippen LogP contribution in [0.25, 0.3) is 0 Å². The number of halogens is 1. The van der Waals surface area contributed by atoms with Gasteiger partial charge in [0.2, 0.25) is 11.8 Å². The summed E-state index contributed by atoms with van der Waals surface area (Å²) in [4.78, 5) is 27.1. The summed E-state index contributed by atoms with van der Waals surface area (Å²) in [5.41, 5.74) is -0.00839. The van der Waals surface area contributed by atoms with Gasteiger partial charge in [0, 0.05) is 17.3 Å². The van der Waals surface area contributed by atoms with Crippen molar-refractivity contribution in [1.82, 2.24) is 5.32 Å². The maximum Gasteiger partial charge on any atom is 0.234 e. The van der Waals surface area contributed by atoms with E-state index >= 15 is 0 Å². The number of benzene rings is 1. The smallest absolute Gasteiger partial charge is 0.234 e. The number of aliphatic hydroxyl groups is 1. The Labute approximate surface area is 144 Å². The van der Waals surface area contributed by atoms with Gasteiger partial charge in [0.1, 0.15) is 5.60 Å². The SMILES string of the molecule is O=C(NCCO)C1C2C=C[C@@]3(CN(c4ccc(Cl)cc4)C(=O)C13)O2. The third kappa shape index (κ3) is 2.17. The number of hydrogen-bond donors (Lipinski definition) is 2. The molecule has 4 rings (SSSR count). The third-order valence-corrected chi connectivity index (χ3v) is 5.20. The van der Waals surface area contributed by atoms with E-state index < -0.39 is 17.4 Å². The predicted octanol–water partition coefficient (Wildman–Crippen LogP) is 0.735. The van der Waals surface area contributed by atoms with Crippen LogP contribution in [0.3, 0.4) is 0 Å². The fourth-order valence-corrected chi connectivity index (χ4v) is 4.06. The Morgan fingerprint density at radius 1 is 1.42 bits per heavy atom. The first-order valence-corrected chi connectivity index (χ1v) is 8.26. The molecule has 3 aliphatic heterocycles. The topological polar surface area (TPSA) is 78.9 Å². The van der Waals surface area contributed by atoms with E-state index in [4.69, 9.17) is 21.4 Å². The van der Waals surface area contributed by atoms with Crippen LogP contribution in [-0.2, 0) is 14.3 Å². The molecule has 2 fully saturated rings. The van der Waals surface area contributed by atoms with E-state index in [1.807, 2.05) is 12.2 Å². The number of nitrogens with zero attached hydrogens (tertiary/aromatic N) is 1. The summed E-state index contributed by atoms with van der Waals surface area (Å²) >= 11 is 5.91. The molecule has 3 heterocycles. The number of ether oxygens (including phenoxy) is 1. The van der Waals surface area contributed by atoms with Gasteiger partial charge in [-0.15, -0.1) is 0 Å². The molecule has 3 aliphatic rings. The zero-order valence-electron chi connectivity index (χ0n) is 12.8. The molecule has 2 saturated heterocycles. The Morgan fingerprint density at radius 3 is 2.88 bits per heavy atom. The molecule has 3 unspecified atom stereocenters. The van der Waals surface area contributed by atoms with Gasteiger partial charge in [0.05, 0.1) is 31.1 Å². The molecule has 2 N–H and O–H groups in total. The van der Waals surface area contributed by atoms with E-state index in [1.54, 1.807) is 29.2 Å². The van der Waals surface area contributed by atoms with Crippen LogP contribution in [0.5, 0.6) is 0 Å². The van der Waals surface area contributed by atoms with Gasteiger partial charge in [-0.2, -0.15) is 0 Å². The summed E-state index contributed by atoms with van der Waals surface area (Å²) in [5, 5.41) is 12.2. The van der Waals surface area contributed by atoms with Crippen LogP contribution in [-0.4, -0.2) is 48.3 Å². The van der Waals surface area contributed by atoms with Gasteiger partial charge >= 0.3 is 0 Å². The first-order valence-electron chi connectivity index (χ1n) is 7.88. The van der Waals surface area contributed by atoms with Crippen molar-refractivity contribution in [3.63, 3.8) is 0 Å². The molecule has 0 saturated carbocycles. The Morgan fingerprint density at radius 2 is 2.17 bits per heavy atom. The molecule has 1 spiro atoms. The maximum absolute atomic E-state index is 13.0. The molecule has 2 amide bonds. The molecule has 4 atom stereocenters. The van der Waals surface area contributed by atoms with E-state index in [9.17, 15) is 9.59 Å². The number of rotatable bonds is 4. The number of amides is 2. The second-order valence-corrected chi connectivity index (χ2v) is 6.75. The van der Waals surface area contributed by atoms with Gasteiger partial charge in [0.25, 0.3) is 0 Å². The van der Waals surface area contributed by atoms with Gasteiger partial charge in [-0.1, -0.05) is 23.8 Å². The summed E-state index contributed by atoms with van der Waals surface area (Å²) in [6.07, 6.45) is 3.38. The minimum Gasteiger partial charge on any atom is -0.395 e. The minimum absolute atomic E-state index is 0.117. The van der Waals surface area contributed by atoms with Crippen molar-refractivity contribution >= 4 is 29.1 Å². The zero-order valence-corrected chi connectivity index (χ0v) is 13.6. The molecule has 1 aromatic carbocycles. The molecule has 6 nitrogen and oxygen atoms in total. The van der Waals surface area contributed by atoms with Crippen molar-refractivity contribution in [3.8, 4) is 0 Å². The highest BCUT2D eigenvalue weighted by Gasteiger charge is 2.66. The van der Waals surface area contributed by atoms with Crippen LogP contribution in [0, 0.1) is 11.8 Å². The lowest BCUT2D eigenvalue weighted by atomic mass is 9.77. The number of aliphatic hydroxyl groups excluding tert-OH is 1. The Bertz CT molecular complexity index is 720. The monoisotopic (exact) mass is 348 g/mol. The fraction of sp³-hybridized carbons (Fsp3) is 0.412. The quantitative estimate of drug-likeness (QED) is 0.786. The number of hydrogen-bond acceptors (Lipinski definition) is 4. The average molecular weight is 349 g/mol. The third-order valence-electron chi connectivity index (χ3n) is 4.95. The second-order valence-electron chi connectivity index (χ2n) is 6.32. The van der Waals surface area contributed by atoms with E-state index in [2.05, 4.69) is 5.32 Å². The van der Waals surface area contributed by atoms with Crippen molar-refractivity contribution < 1.29 is 19.4 Å². The van der Waals surface area contributed by atoms with E-state index in [0.29, 0.717) is 11.6 Å². The minimum atomic E-state index is -0.747. The largest absolute Gasteiger partial charge is 0.395 e. The molecule has 0 radical (unpaired) electrons. The lowest BCUT2D eigenvalue weighted by Crippen LogP contribution is -2.44. The normalized spacial score (nSPS) is 33.2. The van der Waals surface area contributed by atoms with Crippen LogP contribution < -0.4 is 10.2 Å². The van der Waals surface area contributed by atoms with Crippen LogP contribution >= 0.6 is 11.6 Å². The summed E-state index contributed by atoms with van der Waals surface area (Å²) < 4.78 is 6.02. The first kappa shape index (κ1) is 15.6. The average Bonchev–Trinajstić information content (AvgIpc) is 3.22. The number of anilines is 1. The van der Waals surface area contributed by atoms with Crippen molar-refractivity contribution in [2.24, 2.45) is 11.8 Å². The van der Waals surface area contributed by atoms with Gasteiger partial charge in [0.15, 0.2) is 0 Å². The first-order chi connectivity index (χ1) is 11.6. The molecule has 0 aromatic heterocycles. The predicted molar refractivity (Wildman–Crippen MR) is 87.6 cm³/mol. The molecule has 7 heteroatoms. The molecule has 1 aromatic rings. The van der Waals surface area contributed by atoms with Gasteiger partial charge < -0.3 is 20.1 Å². The molecule has 24 heavy (non-hydrogen) atoms. The number of carbonyl (C=O) groups is 2. The Balaban J connectivity index is 1.64. The number of fused-ring (bicyclic) bond motifs is 1. The second kappa shape index (κ2) is 5.58. The van der Waals surface area contributed by atoms with Crippen LogP contribution in [0.4, 0.5) is 5.69 Å². The molecule has 2 bridgehead atoms. The summed E-state index contributed by atoms with van der Waals surface area (Å²) in [5.74, 6) is -1.47. The van der Waals surface area contributed by atoms with Crippen molar-refractivity contribution in [1.29, 1.82) is 0 Å². The molecule has 126 valence electrons. The van der Waals surface area contributed by atoms with Gasteiger partial charge in [-0.3, -0.25) is 9.59 Å². The molecule has 0 aliphatic carbocycles. The lowest BCUT2D eigenvalue weighted by molar-refractivity contribution is -0.132. The number of carbonyl (C=O) groups excluding carboxylic acids is 2. The van der Waals surface area contributed by atoms with Gasteiger partial charge in [-0.25, -0.2) is 0 Å². The maximum atomic E-state index is 13.0. The summed E-state index contributed by atoms with van der Waals surface area (Å²) in [6, 6.07) is 7.04. The van der Waals surface area contributed by atoms with Gasteiger partial charge in [-0.05, 0) is 24.3 Å². The van der Waals surface area contributed by atoms with E-state index in [-0.39, 0.29) is 31.1 Å². The summed E-state index contributed by atoms with van der Waals surface area (Å²) in [7, 11) is 0. The van der Waals surface area contributed by atoms with E-state index in [1.165, 1.54) is 0 Å². The van der Waals surface area contributed by atoms with Crippen molar-refractivity contribution in [2.75, 3.05) is 24.6 Å². The Kier molecular flexibility index (Phi) is 3.63. The Hall–Kier alpha value is -1.89. The fourth-order valence-electron chi connectivity index (χ4n) is 3.93. The molecular formula is C17H17ClN2O4. The van der Waals surface area contributed by atoms with Crippen LogP contribution in [0.15, 0.2) is 36.4 Å². The van der Waals surface area contributed by atoms with Crippen molar-refractivity contribution in [2.45, 2.75) is 11.7 Å². The highest BCUT2D eigenvalue weighted by atomic mass is 35.5. The molecular weight excluding hydrogens is 332 g/mol. The standard InChI is InChI=1S/C17H17ClN2O4/c18-10-1-3-11(4-2-10)20-9-17-6-5-12(24-17)13(14(17)16(20)23)15(22)19-7-8-21/h1-6,12-14,21H,7-9H2,(H,19,22)/t12?,13?,14?,17-/m0/s1. The van der Waals surface area contributed by atoms with E-state index in [0.717, 1.165) is 5.69 Å². The summed E-state index contributed by atoms with van der Waals surface area (Å²) in [6.45, 7) is 0.413. The highest BCUT2D eigenvalue weighted by Crippen LogP contribution is 2.52. The van der Waals surface area contributed by atoms with Crippen molar-refractivity contribution in [3.05, 3.63) is 41.4 Å². The number of nitrogens with one attached hydrogen (secondary N) is 1. The lowest BCUT2D eigenvalue weighted by Gasteiger charge is -2.23. The zero-order chi connectivity index (χ0) is 16.9. The van der Waals surface area contributed by atoms with Crippen LogP contribution in [0.1, 0.15) is 0 Å². The highest BCUT2D eigenvalue weighted by molar-refractivity contribution is 6.30. The van der Waals surface area contributed by atoms with Crippen LogP contribution in [0.2, 0.25) is 5.02 Å².